The van der Waals surface area contributed by atoms with Crippen LogP contribution in [0.2, 0.25) is 5.02 Å². The highest BCUT2D eigenvalue weighted by Gasteiger charge is 2.34. The standard InChI is InChI=1S/C10H9ClF3N/c11-8-3-1-2-7(6-8)4-5-9(15)10(12,13)14/h1-6,9H,15H2/t9-/m0/s1. The van der Waals surface area contributed by atoms with Crippen LogP contribution in [0.15, 0.2) is 30.3 Å². The fourth-order valence-electron chi connectivity index (χ4n) is 0.934. The van der Waals surface area contributed by atoms with Crippen LogP contribution in [0, 0.1) is 0 Å². The van der Waals surface area contributed by atoms with Crippen LogP contribution in [0.5, 0.6) is 0 Å². The van der Waals surface area contributed by atoms with Gasteiger partial charge in [-0.1, -0.05) is 35.9 Å². The van der Waals surface area contributed by atoms with Crippen LogP contribution >= 0.6 is 11.6 Å². The predicted octanol–water partition coefficient (Wildman–Crippen LogP) is 3.24. The number of hydrogen-bond donors (Lipinski definition) is 1. The van der Waals surface area contributed by atoms with E-state index in [1.807, 2.05) is 0 Å². The molecule has 0 aliphatic rings. The topological polar surface area (TPSA) is 26.0 Å². The smallest absolute Gasteiger partial charge is 0.317 e. The van der Waals surface area contributed by atoms with E-state index in [0.717, 1.165) is 6.08 Å². The fourth-order valence-corrected chi connectivity index (χ4v) is 1.13. The maximum Gasteiger partial charge on any atom is 0.407 e. The largest absolute Gasteiger partial charge is 0.407 e. The SMILES string of the molecule is N[C@@H](C=Cc1cccc(Cl)c1)C(F)(F)F. The second-order valence-electron chi connectivity index (χ2n) is 2.98. The van der Waals surface area contributed by atoms with E-state index in [1.165, 1.54) is 6.08 Å². The highest BCUT2D eigenvalue weighted by Crippen LogP contribution is 2.20. The molecule has 1 atom stereocenters. The molecule has 0 saturated carbocycles. The summed E-state index contributed by atoms with van der Waals surface area (Å²) in [4.78, 5) is 0. The van der Waals surface area contributed by atoms with Crippen LogP contribution in [0.3, 0.4) is 0 Å². The predicted molar refractivity (Wildman–Crippen MR) is 54.5 cm³/mol. The average Bonchev–Trinajstić information content (AvgIpc) is 2.12. The fraction of sp³-hybridized carbons (Fsp3) is 0.200. The second-order valence-corrected chi connectivity index (χ2v) is 3.42. The normalized spacial score (nSPS) is 14.5. The number of alkyl halides is 3. The Morgan fingerprint density at radius 3 is 2.53 bits per heavy atom. The molecule has 1 nitrogen and oxygen atoms in total. The van der Waals surface area contributed by atoms with Gasteiger partial charge in [0.05, 0.1) is 0 Å². The molecule has 0 bridgehead atoms. The first-order valence-electron chi connectivity index (χ1n) is 4.15. The second kappa shape index (κ2) is 4.68. The van der Waals surface area contributed by atoms with E-state index < -0.39 is 12.2 Å². The molecular formula is C10H9ClF3N. The van der Waals surface area contributed by atoms with Crippen molar-refractivity contribution >= 4 is 17.7 Å². The molecule has 82 valence electrons. The molecule has 0 fully saturated rings. The van der Waals surface area contributed by atoms with Gasteiger partial charge in [-0.25, -0.2) is 0 Å². The Bertz CT molecular complexity index is 360. The average molecular weight is 236 g/mol. The highest BCUT2D eigenvalue weighted by atomic mass is 35.5. The van der Waals surface area contributed by atoms with E-state index in [4.69, 9.17) is 17.3 Å². The van der Waals surface area contributed by atoms with Crippen molar-refractivity contribution in [2.75, 3.05) is 0 Å². The van der Waals surface area contributed by atoms with E-state index in [2.05, 4.69) is 0 Å². The molecule has 0 unspecified atom stereocenters. The van der Waals surface area contributed by atoms with Gasteiger partial charge in [-0.05, 0) is 17.7 Å². The lowest BCUT2D eigenvalue weighted by molar-refractivity contribution is -0.136. The van der Waals surface area contributed by atoms with E-state index in [1.54, 1.807) is 24.3 Å². The van der Waals surface area contributed by atoms with Crippen molar-refractivity contribution in [3.05, 3.63) is 40.9 Å². The van der Waals surface area contributed by atoms with Crippen molar-refractivity contribution in [1.82, 2.24) is 0 Å². The minimum Gasteiger partial charge on any atom is -0.317 e. The molecule has 0 aliphatic heterocycles. The third-order valence-electron chi connectivity index (χ3n) is 1.72. The summed E-state index contributed by atoms with van der Waals surface area (Å²) < 4.78 is 36.1. The van der Waals surface area contributed by atoms with E-state index in [-0.39, 0.29) is 0 Å². The minimum absolute atomic E-state index is 0.470. The van der Waals surface area contributed by atoms with E-state index >= 15 is 0 Å². The van der Waals surface area contributed by atoms with Gasteiger partial charge in [-0.3, -0.25) is 0 Å². The number of hydrogen-bond acceptors (Lipinski definition) is 1. The van der Waals surface area contributed by atoms with Crippen molar-refractivity contribution in [3.63, 3.8) is 0 Å². The highest BCUT2D eigenvalue weighted by molar-refractivity contribution is 6.30. The van der Waals surface area contributed by atoms with Gasteiger partial charge < -0.3 is 5.73 Å². The van der Waals surface area contributed by atoms with E-state index in [0.29, 0.717) is 10.6 Å². The third-order valence-corrected chi connectivity index (χ3v) is 1.96. The molecule has 1 aromatic rings. The van der Waals surface area contributed by atoms with Gasteiger partial charge in [0, 0.05) is 5.02 Å². The zero-order valence-electron chi connectivity index (χ0n) is 7.63. The minimum atomic E-state index is -4.41. The first-order chi connectivity index (χ1) is 6.89. The van der Waals surface area contributed by atoms with Crippen molar-refractivity contribution in [3.8, 4) is 0 Å². The van der Waals surface area contributed by atoms with Crippen molar-refractivity contribution in [2.45, 2.75) is 12.2 Å². The molecule has 1 aromatic carbocycles. The summed E-state index contributed by atoms with van der Waals surface area (Å²) in [5.74, 6) is 0. The maximum atomic E-state index is 12.0. The number of nitrogens with two attached hydrogens (primary N) is 1. The third kappa shape index (κ3) is 3.93. The van der Waals surface area contributed by atoms with Crippen LogP contribution < -0.4 is 5.73 Å². The Balaban J connectivity index is 2.74. The lowest BCUT2D eigenvalue weighted by Gasteiger charge is -2.10. The summed E-state index contributed by atoms with van der Waals surface area (Å²) in [6.07, 6.45) is -2.22. The van der Waals surface area contributed by atoms with Crippen molar-refractivity contribution in [1.29, 1.82) is 0 Å². The Morgan fingerprint density at radius 2 is 2.00 bits per heavy atom. The summed E-state index contributed by atoms with van der Waals surface area (Å²) in [6, 6.07) is 4.55. The first kappa shape index (κ1) is 12.1. The van der Waals surface area contributed by atoms with Gasteiger partial charge in [0.2, 0.25) is 0 Å². The lowest BCUT2D eigenvalue weighted by Crippen LogP contribution is -2.35. The lowest BCUT2D eigenvalue weighted by atomic mass is 10.2. The van der Waals surface area contributed by atoms with Gasteiger partial charge >= 0.3 is 6.18 Å². The van der Waals surface area contributed by atoms with Crippen molar-refractivity contribution in [2.24, 2.45) is 5.73 Å². The van der Waals surface area contributed by atoms with Crippen LogP contribution in [-0.4, -0.2) is 12.2 Å². The maximum absolute atomic E-state index is 12.0. The van der Waals surface area contributed by atoms with Gasteiger partial charge in [0.25, 0.3) is 0 Å². The molecule has 1 rings (SSSR count). The molecule has 0 aliphatic carbocycles. The summed E-state index contributed by atoms with van der Waals surface area (Å²) in [7, 11) is 0. The molecule has 0 aromatic heterocycles. The monoisotopic (exact) mass is 235 g/mol. The van der Waals surface area contributed by atoms with Crippen LogP contribution in [-0.2, 0) is 0 Å². The Morgan fingerprint density at radius 1 is 1.33 bits per heavy atom. The molecule has 0 radical (unpaired) electrons. The summed E-state index contributed by atoms with van der Waals surface area (Å²) in [5, 5.41) is 0.470. The van der Waals surface area contributed by atoms with Crippen LogP contribution in [0.4, 0.5) is 13.2 Å². The number of rotatable bonds is 2. The van der Waals surface area contributed by atoms with Crippen molar-refractivity contribution < 1.29 is 13.2 Å². The van der Waals surface area contributed by atoms with Gasteiger partial charge in [0.1, 0.15) is 6.04 Å². The summed E-state index contributed by atoms with van der Waals surface area (Å²) in [6.45, 7) is 0. The quantitative estimate of drug-likeness (QED) is 0.837. The molecule has 0 heterocycles. The Hall–Kier alpha value is -1.00. The molecule has 2 N–H and O–H groups in total. The molecule has 5 heteroatoms. The molecule has 0 spiro atoms. The summed E-state index contributed by atoms with van der Waals surface area (Å²) in [5.41, 5.74) is 5.48. The zero-order chi connectivity index (χ0) is 11.5. The first-order valence-corrected chi connectivity index (χ1v) is 4.53. The Labute approximate surface area is 90.3 Å². The molecule has 0 amide bonds. The Kier molecular flexibility index (Phi) is 3.77. The van der Waals surface area contributed by atoms with Crippen LogP contribution in [0.1, 0.15) is 5.56 Å². The zero-order valence-corrected chi connectivity index (χ0v) is 8.39. The van der Waals surface area contributed by atoms with Gasteiger partial charge in [0.15, 0.2) is 0 Å². The number of benzene rings is 1. The molecule has 0 saturated heterocycles. The molecule has 15 heavy (non-hydrogen) atoms. The van der Waals surface area contributed by atoms with E-state index in [9.17, 15) is 13.2 Å². The summed E-state index contributed by atoms with van der Waals surface area (Å²) >= 11 is 5.66. The van der Waals surface area contributed by atoms with Crippen LogP contribution in [0.25, 0.3) is 6.08 Å². The molecular weight excluding hydrogens is 227 g/mol. The number of halogens is 4. The van der Waals surface area contributed by atoms with Gasteiger partial charge in [-0.2, -0.15) is 13.2 Å². The van der Waals surface area contributed by atoms with Gasteiger partial charge in [-0.15, -0.1) is 0 Å².